The van der Waals surface area contributed by atoms with Crippen molar-refractivity contribution in [2.75, 3.05) is 6.61 Å². The number of carbonyl (C=O) groups excluding carboxylic acids is 1. The number of hydrogen-bond donors (Lipinski definition) is 0. The van der Waals surface area contributed by atoms with Crippen molar-refractivity contribution in [3.8, 4) is 11.5 Å². The van der Waals surface area contributed by atoms with E-state index in [0.29, 0.717) is 6.10 Å². The lowest BCUT2D eigenvalue weighted by molar-refractivity contribution is -0.113. The van der Waals surface area contributed by atoms with E-state index in [1.165, 1.54) is 55.2 Å². The summed E-state index contributed by atoms with van der Waals surface area (Å²) in [6.45, 7) is 8.88. The average Bonchev–Trinajstić information content (AvgIpc) is 3.65. The lowest BCUT2D eigenvalue weighted by Crippen LogP contribution is -2.20. The number of ketones is 1. The van der Waals surface area contributed by atoms with Gasteiger partial charge in [0.25, 0.3) is 0 Å². The fraction of sp³-hybridized carbons (Fsp3) is 0.645. The number of hydrogen-bond acceptors (Lipinski definition) is 3. The average molecular weight is 467 g/mol. The van der Waals surface area contributed by atoms with Gasteiger partial charge in [-0.25, -0.2) is 0 Å². The Morgan fingerprint density at radius 1 is 1.09 bits per heavy atom. The molecule has 1 fully saturated rings. The molecule has 34 heavy (non-hydrogen) atoms. The van der Waals surface area contributed by atoms with Crippen LogP contribution in [0.3, 0.4) is 0 Å². The number of benzene rings is 1. The van der Waals surface area contributed by atoms with Gasteiger partial charge in [0.2, 0.25) is 0 Å². The molecule has 0 radical (unpaired) electrons. The van der Waals surface area contributed by atoms with Gasteiger partial charge in [-0.1, -0.05) is 56.9 Å². The summed E-state index contributed by atoms with van der Waals surface area (Å²) < 4.78 is 12.5. The van der Waals surface area contributed by atoms with Crippen LogP contribution < -0.4 is 9.47 Å². The largest absolute Gasteiger partial charge is 0.493 e. The molecule has 1 aliphatic carbocycles. The standard InChI is InChI=1S/C31H46O3/c1-5-10-29-30(21-20-28-18-12-23(3)34-31(28)29)33-22-9-7-8-11-25(13-14-26-15-16-26)17-19-27(6-2)24(4)32/h17,19-21,23,26H,5-16,18,22H2,1-4H3/b25-17-,27-19+. The maximum absolute atomic E-state index is 11.8. The SMILES string of the molecule is CCCc1c(OCCCCC/C(=C/C=C(\CC)C(C)=O)CCC2CC2)ccc2c1OC(C)CC2. The Kier molecular flexibility index (Phi) is 10.8. The second-order valence-corrected chi connectivity index (χ2v) is 10.3. The number of aryl methyl sites for hydroxylation is 1. The van der Waals surface area contributed by atoms with Crippen LogP contribution >= 0.6 is 0 Å². The van der Waals surface area contributed by atoms with Gasteiger partial charge in [0.15, 0.2) is 5.78 Å². The van der Waals surface area contributed by atoms with Crippen LogP contribution in [-0.4, -0.2) is 18.5 Å². The van der Waals surface area contributed by atoms with Crippen LogP contribution in [0.15, 0.2) is 35.4 Å². The minimum Gasteiger partial charge on any atom is -0.493 e. The van der Waals surface area contributed by atoms with Gasteiger partial charge >= 0.3 is 0 Å². The fourth-order valence-electron chi connectivity index (χ4n) is 4.85. The molecule has 1 unspecified atom stereocenters. The Labute approximate surface area is 208 Å². The molecular formula is C31H46O3. The first kappa shape index (κ1) is 26.6. The van der Waals surface area contributed by atoms with E-state index < -0.39 is 0 Å². The molecular weight excluding hydrogens is 420 g/mol. The molecule has 0 amide bonds. The van der Waals surface area contributed by atoms with Crippen molar-refractivity contribution < 1.29 is 14.3 Å². The van der Waals surface area contributed by atoms with Gasteiger partial charge in [-0.2, -0.15) is 0 Å². The second-order valence-electron chi connectivity index (χ2n) is 10.3. The van der Waals surface area contributed by atoms with Crippen LogP contribution in [0.25, 0.3) is 0 Å². The zero-order chi connectivity index (χ0) is 24.3. The summed E-state index contributed by atoms with van der Waals surface area (Å²) in [7, 11) is 0. The van der Waals surface area contributed by atoms with E-state index in [9.17, 15) is 4.79 Å². The van der Waals surface area contributed by atoms with Crippen molar-refractivity contribution in [3.05, 3.63) is 46.6 Å². The Bertz CT molecular complexity index is 860. The molecule has 1 atom stereocenters. The fourth-order valence-corrected chi connectivity index (χ4v) is 4.85. The third-order valence-corrected chi connectivity index (χ3v) is 7.26. The van der Waals surface area contributed by atoms with Gasteiger partial charge in [0, 0.05) is 5.56 Å². The Hall–Kier alpha value is -2.03. The smallest absolute Gasteiger partial charge is 0.155 e. The highest BCUT2D eigenvalue weighted by atomic mass is 16.5. The first-order valence-corrected chi connectivity index (χ1v) is 13.9. The van der Waals surface area contributed by atoms with Crippen LogP contribution in [0.5, 0.6) is 11.5 Å². The quantitative estimate of drug-likeness (QED) is 0.148. The van der Waals surface area contributed by atoms with Crippen molar-refractivity contribution in [2.24, 2.45) is 5.92 Å². The maximum Gasteiger partial charge on any atom is 0.155 e. The monoisotopic (exact) mass is 466 g/mol. The van der Waals surface area contributed by atoms with Crippen molar-refractivity contribution in [1.29, 1.82) is 0 Å². The molecule has 3 rings (SSSR count). The summed E-state index contributed by atoms with van der Waals surface area (Å²) in [4.78, 5) is 11.8. The second kappa shape index (κ2) is 13.8. The topological polar surface area (TPSA) is 35.5 Å². The third kappa shape index (κ3) is 8.32. The van der Waals surface area contributed by atoms with E-state index in [0.717, 1.165) is 74.5 Å². The van der Waals surface area contributed by atoms with E-state index in [2.05, 4.69) is 45.1 Å². The van der Waals surface area contributed by atoms with Gasteiger partial charge in [0.05, 0.1) is 12.7 Å². The number of allylic oxidation sites excluding steroid dienone is 4. The van der Waals surface area contributed by atoms with Crippen molar-refractivity contribution in [3.63, 3.8) is 0 Å². The number of rotatable bonds is 15. The van der Waals surface area contributed by atoms with Crippen molar-refractivity contribution in [1.82, 2.24) is 0 Å². The summed E-state index contributed by atoms with van der Waals surface area (Å²) in [5, 5.41) is 0. The predicted octanol–water partition coefficient (Wildman–Crippen LogP) is 8.33. The third-order valence-electron chi connectivity index (χ3n) is 7.26. The normalized spacial score (nSPS) is 18.4. The summed E-state index contributed by atoms with van der Waals surface area (Å²) >= 11 is 0. The number of unbranched alkanes of at least 4 members (excludes halogenated alkanes) is 2. The summed E-state index contributed by atoms with van der Waals surface area (Å²) in [5.41, 5.74) is 5.04. The zero-order valence-corrected chi connectivity index (χ0v) is 22.1. The van der Waals surface area contributed by atoms with Gasteiger partial charge in [-0.05, 0) is 101 Å². The number of Topliss-reactive ketones (excluding diaryl/α,β-unsaturated/α-hetero) is 1. The van der Waals surface area contributed by atoms with Crippen LogP contribution in [0.1, 0.15) is 109 Å². The van der Waals surface area contributed by atoms with Crippen LogP contribution in [0.2, 0.25) is 0 Å². The minimum absolute atomic E-state index is 0.196. The Morgan fingerprint density at radius 2 is 1.91 bits per heavy atom. The van der Waals surface area contributed by atoms with Crippen LogP contribution in [-0.2, 0) is 17.6 Å². The van der Waals surface area contributed by atoms with Gasteiger partial charge < -0.3 is 9.47 Å². The molecule has 0 spiro atoms. The van der Waals surface area contributed by atoms with Crippen molar-refractivity contribution in [2.45, 2.75) is 117 Å². The molecule has 0 saturated heterocycles. The maximum atomic E-state index is 11.8. The number of ether oxygens (including phenoxy) is 2. The molecule has 3 heteroatoms. The molecule has 1 aromatic rings. The molecule has 3 nitrogen and oxygen atoms in total. The molecule has 1 saturated carbocycles. The first-order chi connectivity index (χ1) is 16.5. The Morgan fingerprint density at radius 3 is 2.62 bits per heavy atom. The molecule has 1 aliphatic heterocycles. The van der Waals surface area contributed by atoms with E-state index >= 15 is 0 Å². The van der Waals surface area contributed by atoms with E-state index in [4.69, 9.17) is 9.47 Å². The summed E-state index contributed by atoms with van der Waals surface area (Å²) in [6.07, 6.45) is 19.6. The molecule has 2 aliphatic rings. The first-order valence-electron chi connectivity index (χ1n) is 13.9. The van der Waals surface area contributed by atoms with E-state index in [1.807, 2.05) is 0 Å². The highest BCUT2D eigenvalue weighted by Crippen LogP contribution is 2.38. The van der Waals surface area contributed by atoms with Gasteiger partial charge in [-0.3, -0.25) is 4.79 Å². The predicted molar refractivity (Wildman–Crippen MR) is 142 cm³/mol. The summed E-state index contributed by atoms with van der Waals surface area (Å²) in [5.74, 6) is 3.25. The minimum atomic E-state index is 0.196. The highest BCUT2D eigenvalue weighted by Gasteiger charge is 2.22. The molecule has 0 aromatic heterocycles. The lowest BCUT2D eigenvalue weighted by Gasteiger charge is -2.27. The lowest BCUT2D eigenvalue weighted by atomic mass is 9.97. The number of fused-ring (bicyclic) bond motifs is 1. The van der Waals surface area contributed by atoms with Gasteiger partial charge in [-0.15, -0.1) is 0 Å². The van der Waals surface area contributed by atoms with E-state index in [-0.39, 0.29) is 5.78 Å². The van der Waals surface area contributed by atoms with Crippen LogP contribution in [0, 0.1) is 5.92 Å². The molecule has 1 aromatic carbocycles. The zero-order valence-electron chi connectivity index (χ0n) is 22.1. The molecule has 188 valence electrons. The molecule has 0 N–H and O–H groups in total. The van der Waals surface area contributed by atoms with Gasteiger partial charge in [0.1, 0.15) is 11.5 Å². The molecule has 1 heterocycles. The summed E-state index contributed by atoms with van der Waals surface area (Å²) in [6, 6.07) is 4.36. The van der Waals surface area contributed by atoms with Crippen molar-refractivity contribution >= 4 is 5.78 Å². The van der Waals surface area contributed by atoms with E-state index in [1.54, 1.807) is 6.92 Å². The number of carbonyl (C=O) groups is 1. The highest BCUT2D eigenvalue weighted by molar-refractivity contribution is 5.93. The van der Waals surface area contributed by atoms with Crippen LogP contribution in [0.4, 0.5) is 0 Å². The molecule has 0 bridgehead atoms. The Balaban J connectivity index is 1.48.